The predicted molar refractivity (Wildman–Crippen MR) is 104 cm³/mol. The van der Waals surface area contributed by atoms with Crippen molar-refractivity contribution in [3.8, 4) is 0 Å². The van der Waals surface area contributed by atoms with Gasteiger partial charge in [-0.2, -0.15) is 31.4 Å². The molecule has 11 heteroatoms. The Bertz CT molecular complexity index is 1240. The first-order chi connectivity index (χ1) is 14.5. The maximum absolute atomic E-state index is 13.4. The number of carbonyl (C=O) groups excluding carboxylic acids is 1. The lowest BCUT2D eigenvalue weighted by molar-refractivity contribution is -0.143. The van der Waals surface area contributed by atoms with Crippen LogP contribution in [0.1, 0.15) is 22.3 Å². The monoisotopic (exact) mass is 455 g/mol. The van der Waals surface area contributed by atoms with Gasteiger partial charge in [0.1, 0.15) is 0 Å². The molecule has 160 valence electrons. The number of halogens is 6. The maximum Gasteiger partial charge on any atom is 0.416 e. The fourth-order valence-electron chi connectivity index (χ4n) is 3.13. The number of aliphatic imine (C=N–C) groups is 1. The van der Waals surface area contributed by atoms with E-state index < -0.39 is 23.5 Å². The van der Waals surface area contributed by atoms with E-state index in [0.717, 1.165) is 6.07 Å². The van der Waals surface area contributed by atoms with E-state index in [2.05, 4.69) is 10.1 Å². The van der Waals surface area contributed by atoms with E-state index in [0.29, 0.717) is 27.4 Å². The maximum atomic E-state index is 13.4. The largest absolute Gasteiger partial charge is 0.416 e. The van der Waals surface area contributed by atoms with Gasteiger partial charge in [0, 0.05) is 5.39 Å². The quantitative estimate of drug-likeness (QED) is 0.373. The van der Waals surface area contributed by atoms with E-state index in [4.69, 9.17) is 0 Å². The molecule has 0 N–H and O–H groups in total. The molecule has 0 saturated heterocycles. The smallest absolute Gasteiger partial charge is 0.266 e. The lowest BCUT2D eigenvalue weighted by Gasteiger charge is -2.16. The van der Waals surface area contributed by atoms with Gasteiger partial charge in [-0.1, -0.05) is 23.9 Å². The summed E-state index contributed by atoms with van der Waals surface area (Å²) in [5.41, 5.74) is -0.455. The molecule has 1 aliphatic heterocycles. The third-order valence-electron chi connectivity index (χ3n) is 4.59. The Kier molecular flexibility index (Phi) is 5.16. The van der Waals surface area contributed by atoms with Gasteiger partial charge < -0.3 is 0 Å². The second kappa shape index (κ2) is 7.56. The summed E-state index contributed by atoms with van der Waals surface area (Å²) in [5.74, 6) is -0.359. The van der Waals surface area contributed by atoms with Gasteiger partial charge >= 0.3 is 12.4 Å². The molecule has 1 amide bonds. The molecule has 4 rings (SSSR count). The van der Waals surface area contributed by atoms with Crippen LogP contribution in [0.5, 0.6) is 0 Å². The van der Waals surface area contributed by atoms with Crippen molar-refractivity contribution in [2.24, 2.45) is 4.99 Å². The lowest BCUT2D eigenvalue weighted by atomic mass is 10.0. The van der Waals surface area contributed by atoms with Crippen LogP contribution in [0.2, 0.25) is 0 Å². The normalized spacial score (nSPS) is 16.1. The van der Waals surface area contributed by atoms with Gasteiger partial charge in [0.15, 0.2) is 0 Å². The molecule has 2 aromatic carbocycles. The first-order valence-electron chi connectivity index (χ1n) is 8.70. The Hall–Kier alpha value is -3.08. The highest BCUT2D eigenvalue weighted by atomic mass is 32.2. The molecule has 0 unspecified atom stereocenters. The van der Waals surface area contributed by atoms with E-state index in [1.54, 1.807) is 24.3 Å². The summed E-state index contributed by atoms with van der Waals surface area (Å²) < 4.78 is 80.0. The number of hydrogen-bond acceptors (Lipinski definition) is 3. The number of amides is 1. The zero-order valence-corrected chi connectivity index (χ0v) is 16.1. The summed E-state index contributed by atoms with van der Waals surface area (Å²) in [5, 5.41) is 4.69. The Labute approximate surface area is 175 Å². The van der Waals surface area contributed by atoms with Crippen LogP contribution in [0.15, 0.2) is 52.5 Å². The summed E-state index contributed by atoms with van der Waals surface area (Å²) in [6, 6.07) is 6.55. The van der Waals surface area contributed by atoms with Crippen molar-refractivity contribution in [1.82, 2.24) is 9.78 Å². The highest BCUT2D eigenvalue weighted by Crippen LogP contribution is 2.37. The molecule has 0 spiro atoms. The van der Waals surface area contributed by atoms with Crippen LogP contribution in [0.3, 0.4) is 0 Å². The number of carbonyl (C=O) groups is 1. The molecule has 0 fully saturated rings. The first-order valence-corrected chi connectivity index (χ1v) is 9.58. The van der Waals surface area contributed by atoms with Gasteiger partial charge in [-0.05, 0) is 41.5 Å². The molecule has 0 saturated carbocycles. The van der Waals surface area contributed by atoms with Crippen molar-refractivity contribution in [1.29, 1.82) is 0 Å². The topological polar surface area (TPSA) is 47.2 Å². The Balaban J connectivity index is 1.68. The number of thioether (sulfide) groups is 1. The Morgan fingerprint density at radius 3 is 2.42 bits per heavy atom. The van der Waals surface area contributed by atoms with Gasteiger partial charge in [0.25, 0.3) is 5.91 Å². The molecule has 4 nitrogen and oxygen atoms in total. The first kappa shape index (κ1) is 21.2. The van der Waals surface area contributed by atoms with Crippen molar-refractivity contribution in [2.45, 2.75) is 18.9 Å². The van der Waals surface area contributed by atoms with Crippen molar-refractivity contribution in [3.63, 3.8) is 0 Å². The SMILES string of the molecule is O=C1N=CSC1=Cc1ccc2c(cnn2Cc2ccc(C(F)(F)F)cc2C(F)(F)F)c1. The molecule has 2 heterocycles. The fourth-order valence-corrected chi connectivity index (χ4v) is 3.75. The van der Waals surface area contributed by atoms with Gasteiger partial charge in [0.05, 0.1) is 39.8 Å². The molecular weight excluding hydrogens is 444 g/mol. The number of nitrogens with zero attached hydrogens (tertiary/aromatic N) is 3. The number of hydrogen-bond donors (Lipinski definition) is 0. The van der Waals surface area contributed by atoms with Crippen LogP contribution in [0.4, 0.5) is 26.3 Å². The molecule has 31 heavy (non-hydrogen) atoms. The van der Waals surface area contributed by atoms with Crippen LogP contribution in [-0.4, -0.2) is 21.2 Å². The van der Waals surface area contributed by atoms with E-state index in [-0.39, 0.29) is 24.1 Å². The predicted octanol–water partition coefficient (Wildman–Crippen LogP) is 5.76. The van der Waals surface area contributed by atoms with Crippen LogP contribution in [0, 0.1) is 0 Å². The number of aromatic nitrogens is 2. The second-order valence-corrected chi connectivity index (χ2v) is 7.54. The highest BCUT2D eigenvalue weighted by Gasteiger charge is 2.38. The number of rotatable bonds is 3. The minimum atomic E-state index is -4.95. The molecule has 0 bridgehead atoms. The minimum absolute atomic E-state index is 0.115. The number of fused-ring (bicyclic) bond motifs is 1. The van der Waals surface area contributed by atoms with Crippen molar-refractivity contribution in [2.75, 3.05) is 0 Å². The molecule has 3 aromatic rings. The third-order valence-corrected chi connectivity index (χ3v) is 5.34. The summed E-state index contributed by atoms with van der Waals surface area (Å²) >= 11 is 1.18. The fraction of sp³-hybridized carbons (Fsp3) is 0.150. The molecule has 0 radical (unpaired) electrons. The zero-order chi connectivity index (χ0) is 22.4. The van der Waals surface area contributed by atoms with E-state index >= 15 is 0 Å². The van der Waals surface area contributed by atoms with Crippen molar-refractivity contribution in [3.05, 3.63) is 69.8 Å². The summed E-state index contributed by atoms with van der Waals surface area (Å²) in [4.78, 5) is 15.6. The van der Waals surface area contributed by atoms with E-state index in [1.807, 2.05) is 0 Å². The molecule has 0 aliphatic carbocycles. The van der Waals surface area contributed by atoms with Gasteiger partial charge in [0.2, 0.25) is 0 Å². The van der Waals surface area contributed by atoms with Gasteiger partial charge in [-0.3, -0.25) is 9.48 Å². The lowest BCUT2D eigenvalue weighted by Crippen LogP contribution is -2.15. The minimum Gasteiger partial charge on any atom is -0.266 e. The summed E-state index contributed by atoms with van der Waals surface area (Å²) in [7, 11) is 0. The van der Waals surface area contributed by atoms with Crippen LogP contribution in [-0.2, 0) is 23.7 Å². The summed E-state index contributed by atoms with van der Waals surface area (Å²) in [6.07, 6.45) is -6.76. The molecular formula is C20H11F6N3OS. The Morgan fingerprint density at radius 2 is 1.77 bits per heavy atom. The number of alkyl halides is 6. The average Bonchev–Trinajstić information content (AvgIpc) is 3.26. The number of benzene rings is 2. The van der Waals surface area contributed by atoms with Crippen molar-refractivity contribution < 1.29 is 31.1 Å². The van der Waals surface area contributed by atoms with Gasteiger partial charge in [-0.15, -0.1) is 0 Å². The van der Waals surface area contributed by atoms with E-state index in [9.17, 15) is 31.1 Å². The van der Waals surface area contributed by atoms with E-state index in [1.165, 1.54) is 28.2 Å². The van der Waals surface area contributed by atoms with Crippen LogP contribution < -0.4 is 0 Å². The Morgan fingerprint density at radius 1 is 1.00 bits per heavy atom. The molecule has 0 atom stereocenters. The van der Waals surface area contributed by atoms with Gasteiger partial charge in [-0.25, -0.2) is 4.99 Å². The average molecular weight is 455 g/mol. The standard InChI is InChI=1S/C20H11F6N3OS/c21-19(22,23)14-3-2-12(15(7-14)20(24,25)26)9-29-16-4-1-11(5-13(16)8-28-29)6-17-18(30)27-10-31-17/h1-8,10H,9H2. The zero-order valence-electron chi connectivity index (χ0n) is 15.3. The highest BCUT2D eigenvalue weighted by molar-refractivity contribution is 8.16. The molecule has 1 aliphatic rings. The van der Waals surface area contributed by atoms with Crippen molar-refractivity contribution >= 4 is 40.2 Å². The third kappa shape index (κ3) is 4.36. The summed E-state index contributed by atoms with van der Waals surface area (Å²) in [6.45, 7) is -0.362. The molecule has 1 aromatic heterocycles. The van der Waals surface area contributed by atoms with Crippen LogP contribution >= 0.6 is 11.8 Å². The van der Waals surface area contributed by atoms with Crippen LogP contribution in [0.25, 0.3) is 17.0 Å². The second-order valence-electron chi connectivity index (χ2n) is 6.65.